The number of fused-ring (bicyclic) bond motifs is 1. The molecule has 2 aromatic rings. The van der Waals surface area contributed by atoms with Crippen molar-refractivity contribution < 1.29 is 4.79 Å². The number of carbonyl (C=O) groups is 1. The number of H-pyrrole nitrogens is 2. The van der Waals surface area contributed by atoms with Crippen molar-refractivity contribution in [3.05, 3.63) is 10.4 Å². The Morgan fingerprint density at radius 3 is 2.86 bits per heavy atom. The van der Waals surface area contributed by atoms with Gasteiger partial charge in [-0.05, 0) is 12.8 Å². The first-order chi connectivity index (χ1) is 10.1. The normalized spacial score (nSPS) is 15.6. The second-order valence-electron chi connectivity index (χ2n) is 5.03. The molecule has 2 heterocycles. The minimum atomic E-state index is -0.368. The van der Waals surface area contributed by atoms with Crippen LogP contribution in [0, 0.1) is 0 Å². The van der Waals surface area contributed by atoms with Crippen LogP contribution in [0.5, 0.6) is 0 Å². The Balaban J connectivity index is 1.63. The van der Waals surface area contributed by atoms with Crippen molar-refractivity contribution in [3.63, 3.8) is 0 Å². The number of thioether (sulfide) groups is 1. The number of imidazole rings is 1. The first-order valence-electron chi connectivity index (χ1n) is 6.79. The van der Waals surface area contributed by atoms with E-state index in [1.54, 1.807) is 0 Å². The molecule has 1 fully saturated rings. The van der Waals surface area contributed by atoms with Gasteiger partial charge in [0.25, 0.3) is 5.56 Å². The van der Waals surface area contributed by atoms with Gasteiger partial charge in [0.15, 0.2) is 16.3 Å². The summed E-state index contributed by atoms with van der Waals surface area (Å²) in [6.45, 7) is 0. The van der Waals surface area contributed by atoms with Crippen molar-refractivity contribution in [1.29, 1.82) is 0 Å². The first-order valence-corrected chi connectivity index (χ1v) is 7.78. The molecule has 0 aromatic carbocycles. The van der Waals surface area contributed by atoms with Gasteiger partial charge in [0.05, 0.1) is 5.75 Å². The standard InChI is InChI=1S/C12H16N6O2S/c13-11-16-9-8(10(20)18-11)15-12(17-9)21-5-7(19)14-6-3-1-2-4-6/h6H,1-5H2,(H,14,19)(H4,13,15,16,17,18,20). The Hall–Kier alpha value is -2.03. The third kappa shape index (κ3) is 3.18. The molecule has 0 bridgehead atoms. The van der Waals surface area contributed by atoms with Crippen LogP contribution < -0.4 is 16.6 Å². The molecule has 1 aliphatic rings. The summed E-state index contributed by atoms with van der Waals surface area (Å²) in [4.78, 5) is 36.8. The molecule has 0 aliphatic heterocycles. The summed E-state index contributed by atoms with van der Waals surface area (Å²) in [6, 6.07) is 0.304. The topological polar surface area (TPSA) is 130 Å². The van der Waals surface area contributed by atoms with Crippen LogP contribution in [0.3, 0.4) is 0 Å². The second kappa shape index (κ2) is 5.76. The molecule has 1 saturated carbocycles. The summed E-state index contributed by atoms with van der Waals surface area (Å²) in [5.41, 5.74) is 5.61. The van der Waals surface area contributed by atoms with Gasteiger partial charge in [0.1, 0.15) is 0 Å². The van der Waals surface area contributed by atoms with Crippen LogP contribution in [0.2, 0.25) is 0 Å². The van der Waals surface area contributed by atoms with Gasteiger partial charge < -0.3 is 16.0 Å². The van der Waals surface area contributed by atoms with Crippen molar-refractivity contribution >= 4 is 34.8 Å². The Bertz CT molecular complexity index is 718. The van der Waals surface area contributed by atoms with Gasteiger partial charge in [-0.2, -0.15) is 4.98 Å². The number of anilines is 1. The van der Waals surface area contributed by atoms with Crippen LogP contribution in [-0.2, 0) is 4.79 Å². The third-order valence-corrected chi connectivity index (χ3v) is 4.29. The number of carbonyl (C=O) groups excluding carboxylic acids is 1. The lowest BCUT2D eigenvalue weighted by Gasteiger charge is -2.10. The molecular formula is C12H16N6O2S. The molecule has 9 heteroatoms. The van der Waals surface area contributed by atoms with Crippen LogP contribution in [0.4, 0.5) is 5.95 Å². The number of aromatic nitrogens is 4. The van der Waals surface area contributed by atoms with Gasteiger partial charge in [-0.25, -0.2) is 4.98 Å². The number of nitrogens with zero attached hydrogens (tertiary/aromatic N) is 2. The highest BCUT2D eigenvalue weighted by molar-refractivity contribution is 7.99. The van der Waals surface area contributed by atoms with Crippen LogP contribution in [0.25, 0.3) is 11.2 Å². The first kappa shape index (κ1) is 13.9. The zero-order valence-corrected chi connectivity index (χ0v) is 12.1. The van der Waals surface area contributed by atoms with Gasteiger partial charge in [-0.3, -0.25) is 14.6 Å². The van der Waals surface area contributed by atoms with Crippen LogP contribution in [0.1, 0.15) is 25.7 Å². The van der Waals surface area contributed by atoms with E-state index >= 15 is 0 Å². The maximum Gasteiger partial charge on any atom is 0.278 e. The number of nitrogens with two attached hydrogens (primary N) is 1. The Morgan fingerprint density at radius 1 is 1.33 bits per heavy atom. The zero-order valence-electron chi connectivity index (χ0n) is 11.3. The summed E-state index contributed by atoms with van der Waals surface area (Å²) in [5.74, 6) is 0.257. The average Bonchev–Trinajstić information content (AvgIpc) is 3.05. The molecule has 0 saturated heterocycles. The number of hydrogen-bond acceptors (Lipinski definition) is 6. The highest BCUT2D eigenvalue weighted by atomic mass is 32.2. The number of aromatic amines is 2. The van der Waals surface area contributed by atoms with E-state index in [0.29, 0.717) is 11.2 Å². The lowest BCUT2D eigenvalue weighted by molar-refractivity contribution is -0.119. The fraction of sp³-hybridized carbons (Fsp3) is 0.500. The van der Waals surface area contributed by atoms with E-state index in [4.69, 9.17) is 5.73 Å². The number of rotatable bonds is 4. The van der Waals surface area contributed by atoms with Gasteiger partial charge in [-0.1, -0.05) is 24.6 Å². The molecule has 1 aliphatic carbocycles. The predicted octanol–water partition coefficient (Wildman–Crippen LogP) is 0.379. The molecule has 0 spiro atoms. The summed E-state index contributed by atoms with van der Waals surface area (Å²) >= 11 is 1.24. The molecule has 0 atom stereocenters. The monoisotopic (exact) mass is 308 g/mol. The third-order valence-electron chi connectivity index (χ3n) is 3.42. The fourth-order valence-corrected chi connectivity index (χ4v) is 3.12. The summed E-state index contributed by atoms with van der Waals surface area (Å²) < 4.78 is 0. The van der Waals surface area contributed by atoms with E-state index in [2.05, 4.69) is 25.3 Å². The molecule has 2 aromatic heterocycles. The predicted molar refractivity (Wildman–Crippen MR) is 80.0 cm³/mol. The van der Waals surface area contributed by atoms with E-state index in [1.807, 2.05) is 0 Å². The quantitative estimate of drug-likeness (QED) is 0.604. The van der Waals surface area contributed by atoms with Gasteiger partial charge in [-0.15, -0.1) is 0 Å². The number of hydrogen-bond donors (Lipinski definition) is 4. The lowest BCUT2D eigenvalue weighted by Crippen LogP contribution is -2.33. The fourth-order valence-electron chi connectivity index (χ4n) is 2.44. The Morgan fingerprint density at radius 2 is 2.10 bits per heavy atom. The molecule has 3 rings (SSSR count). The van der Waals surface area contributed by atoms with Crippen molar-refractivity contribution in [2.75, 3.05) is 11.5 Å². The Labute approximate surface area is 124 Å². The molecule has 8 nitrogen and oxygen atoms in total. The van der Waals surface area contributed by atoms with Crippen molar-refractivity contribution in [2.45, 2.75) is 36.9 Å². The smallest absolute Gasteiger partial charge is 0.278 e. The van der Waals surface area contributed by atoms with Gasteiger partial charge in [0.2, 0.25) is 11.9 Å². The minimum absolute atomic E-state index is 0.0197. The van der Waals surface area contributed by atoms with Crippen molar-refractivity contribution in [3.8, 4) is 0 Å². The van der Waals surface area contributed by atoms with Crippen LogP contribution in [-0.4, -0.2) is 37.6 Å². The van der Waals surface area contributed by atoms with E-state index in [0.717, 1.165) is 12.8 Å². The van der Waals surface area contributed by atoms with Crippen molar-refractivity contribution in [1.82, 2.24) is 25.3 Å². The van der Waals surface area contributed by atoms with E-state index in [1.165, 1.54) is 24.6 Å². The Kier molecular flexibility index (Phi) is 3.82. The van der Waals surface area contributed by atoms with Gasteiger partial charge >= 0.3 is 0 Å². The summed E-state index contributed by atoms with van der Waals surface area (Å²) in [5, 5.41) is 3.48. The molecule has 21 heavy (non-hydrogen) atoms. The molecule has 0 radical (unpaired) electrons. The maximum atomic E-state index is 11.8. The largest absolute Gasteiger partial charge is 0.369 e. The highest BCUT2D eigenvalue weighted by Crippen LogP contribution is 2.19. The number of nitrogen functional groups attached to an aromatic ring is 1. The van der Waals surface area contributed by atoms with E-state index in [-0.39, 0.29) is 34.3 Å². The second-order valence-corrected chi connectivity index (χ2v) is 5.99. The zero-order chi connectivity index (χ0) is 14.8. The van der Waals surface area contributed by atoms with E-state index < -0.39 is 0 Å². The van der Waals surface area contributed by atoms with Crippen LogP contribution >= 0.6 is 11.8 Å². The highest BCUT2D eigenvalue weighted by Gasteiger charge is 2.17. The number of nitrogens with one attached hydrogen (secondary N) is 3. The molecule has 0 unspecified atom stereocenters. The summed E-state index contributed by atoms with van der Waals surface area (Å²) in [7, 11) is 0. The molecule has 5 N–H and O–H groups in total. The maximum absolute atomic E-state index is 11.8. The van der Waals surface area contributed by atoms with Gasteiger partial charge in [0, 0.05) is 6.04 Å². The van der Waals surface area contributed by atoms with Crippen molar-refractivity contribution in [2.24, 2.45) is 0 Å². The van der Waals surface area contributed by atoms with Crippen LogP contribution in [0.15, 0.2) is 9.95 Å². The molecule has 1 amide bonds. The molecule has 112 valence electrons. The van der Waals surface area contributed by atoms with E-state index in [9.17, 15) is 9.59 Å². The SMILES string of the molecule is Nc1nc2nc(SCC(=O)NC3CCCC3)[nH]c2c(=O)[nH]1. The number of amides is 1. The lowest BCUT2D eigenvalue weighted by atomic mass is 10.2. The average molecular weight is 308 g/mol. The minimum Gasteiger partial charge on any atom is -0.369 e. The summed E-state index contributed by atoms with van der Waals surface area (Å²) in [6.07, 6.45) is 4.47. The molecular weight excluding hydrogens is 292 g/mol.